The smallest absolute Gasteiger partial charge is 0.243 e. The molecule has 0 saturated carbocycles. The van der Waals surface area contributed by atoms with Crippen LogP contribution in [0.4, 0.5) is 0 Å². The molecule has 0 spiro atoms. The normalized spacial score (nSPS) is 12.6. The summed E-state index contributed by atoms with van der Waals surface area (Å²) in [5.41, 5.74) is 2.95. The maximum absolute atomic E-state index is 14.0. The SMILES string of the molecule is CC[C@H](C)NC(=O)[C@H](Cc1ccccc1)N(Cc1ccccc1Cl)C(=O)CCc1cccc2ccccc12. The highest BCUT2D eigenvalue weighted by atomic mass is 35.5. The highest BCUT2D eigenvalue weighted by Gasteiger charge is 2.31. The van der Waals surface area contributed by atoms with E-state index >= 15 is 0 Å². The van der Waals surface area contributed by atoms with Gasteiger partial charge in [0.05, 0.1) is 0 Å². The van der Waals surface area contributed by atoms with Gasteiger partial charge in [-0.05, 0) is 53.3 Å². The predicted molar refractivity (Wildman–Crippen MR) is 156 cm³/mol. The van der Waals surface area contributed by atoms with E-state index in [-0.39, 0.29) is 24.4 Å². The zero-order valence-electron chi connectivity index (χ0n) is 22.1. The molecule has 5 heteroatoms. The molecule has 0 unspecified atom stereocenters. The van der Waals surface area contributed by atoms with Gasteiger partial charge in [-0.1, -0.05) is 110 Å². The molecule has 196 valence electrons. The van der Waals surface area contributed by atoms with Crippen LogP contribution in [0.2, 0.25) is 5.02 Å². The fourth-order valence-corrected chi connectivity index (χ4v) is 4.90. The fraction of sp³-hybridized carbons (Fsp3) is 0.273. The van der Waals surface area contributed by atoms with Gasteiger partial charge in [0, 0.05) is 30.5 Å². The van der Waals surface area contributed by atoms with Crippen molar-refractivity contribution in [2.24, 2.45) is 0 Å². The first-order chi connectivity index (χ1) is 18.5. The van der Waals surface area contributed by atoms with E-state index in [1.54, 1.807) is 4.90 Å². The van der Waals surface area contributed by atoms with Crippen molar-refractivity contribution in [2.45, 2.75) is 58.2 Å². The molecule has 0 aliphatic rings. The van der Waals surface area contributed by atoms with Crippen LogP contribution in [0.3, 0.4) is 0 Å². The minimum Gasteiger partial charge on any atom is -0.352 e. The van der Waals surface area contributed by atoms with Gasteiger partial charge in [0.25, 0.3) is 0 Å². The highest BCUT2D eigenvalue weighted by molar-refractivity contribution is 6.31. The maximum atomic E-state index is 14.0. The first-order valence-electron chi connectivity index (χ1n) is 13.3. The Kier molecular flexibility index (Phi) is 9.56. The van der Waals surface area contributed by atoms with Gasteiger partial charge >= 0.3 is 0 Å². The van der Waals surface area contributed by atoms with Crippen molar-refractivity contribution in [3.8, 4) is 0 Å². The molecule has 0 bridgehead atoms. The number of carbonyl (C=O) groups excluding carboxylic acids is 2. The second-order valence-corrected chi connectivity index (χ2v) is 10.2. The molecule has 0 fully saturated rings. The molecular weight excluding hydrogens is 492 g/mol. The van der Waals surface area contributed by atoms with Crippen LogP contribution >= 0.6 is 11.6 Å². The van der Waals surface area contributed by atoms with Gasteiger partial charge in [-0.25, -0.2) is 0 Å². The maximum Gasteiger partial charge on any atom is 0.243 e. The van der Waals surface area contributed by atoms with Gasteiger partial charge in [0.1, 0.15) is 6.04 Å². The summed E-state index contributed by atoms with van der Waals surface area (Å²) in [6.45, 7) is 4.28. The van der Waals surface area contributed by atoms with Crippen LogP contribution in [0.15, 0.2) is 97.1 Å². The zero-order valence-corrected chi connectivity index (χ0v) is 22.8. The molecule has 2 atom stereocenters. The molecule has 4 aromatic carbocycles. The third-order valence-corrected chi connectivity index (χ3v) is 7.43. The van der Waals surface area contributed by atoms with E-state index in [2.05, 4.69) is 29.6 Å². The molecule has 4 aromatic rings. The van der Waals surface area contributed by atoms with E-state index in [0.717, 1.165) is 33.9 Å². The van der Waals surface area contributed by atoms with E-state index in [1.165, 1.54) is 0 Å². The quantitative estimate of drug-likeness (QED) is 0.229. The van der Waals surface area contributed by atoms with Crippen molar-refractivity contribution >= 4 is 34.2 Å². The Morgan fingerprint density at radius 2 is 1.50 bits per heavy atom. The van der Waals surface area contributed by atoms with Gasteiger partial charge in [-0.15, -0.1) is 0 Å². The Labute approximate surface area is 230 Å². The molecule has 0 radical (unpaired) electrons. The van der Waals surface area contributed by atoms with E-state index in [4.69, 9.17) is 11.6 Å². The Hall–Kier alpha value is -3.63. The number of hydrogen-bond donors (Lipinski definition) is 1. The van der Waals surface area contributed by atoms with Gasteiger partial charge in [-0.2, -0.15) is 0 Å². The summed E-state index contributed by atoms with van der Waals surface area (Å²) in [7, 11) is 0. The number of aryl methyl sites for hydroxylation is 1. The number of carbonyl (C=O) groups is 2. The summed E-state index contributed by atoms with van der Waals surface area (Å²) >= 11 is 6.52. The number of rotatable bonds is 11. The second kappa shape index (κ2) is 13.3. The van der Waals surface area contributed by atoms with Gasteiger partial charge in [-0.3, -0.25) is 9.59 Å². The van der Waals surface area contributed by atoms with Gasteiger partial charge in [0.15, 0.2) is 0 Å². The summed E-state index contributed by atoms with van der Waals surface area (Å²) in [6, 6.07) is 31.1. The average molecular weight is 527 g/mol. The molecule has 0 aliphatic carbocycles. The van der Waals surface area contributed by atoms with Crippen molar-refractivity contribution in [2.75, 3.05) is 0 Å². The van der Waals surface area contributed by atoms with Crippen LogP contribution < -0.4 is 5.32 Å². The molecule has 2 amide bonds. The lowest BCUT2D eigenvalue weighted by molar-refractivity contribution is -0.141. The zero-order chi connectivity index (χ0) is 26.9. The van der Waals surface area contributed by atoms with E-state index in [0.29, 0.717) is 24.3 Å². The topological polar surface area (TPSA) is 49.4 Å². The number of benzene rings is 4. The monoisotopic (exact) mass is 526 g/mol. The lowest BCUT2D eigenvalue weighted by Crippen LogP contribution is -2.52. The molecule has 0 saturated heterocycles. The Balaban J connectivity index is 1.66. The van der Waals surface area contributed by atoms with Crippen LogP contribution in [0, 0.1) is 0 Å². The third-order valence-electron chi connectivity index (χ3n) is 7.06. The minimum absolute atomic E-state index is 0.00808. The Morgan fingerprint density at radius 1 is 0.842 bits per heavy atom. The average Bonchev–Trinajstić information content (AvgIpc) is 2.94. The number of halogens is 1. The summed E-state index contributed by atoms with van der Waals surface area (Å²) in [6.07, 6.45) is 2.11. The van der Waals surface area contributed by atoms with Crippen molar-refractivity contribution < 1.29 is 9.59 Å². The van der Waals surface area contributed by atoms with Crippen LogP contribution in [-0.2, 0) is 29.0 Å². The molecule has 38 heavy (non-hydrogen) atoms. The van der Waals surface area contributed by atoms with Crippen molar-refractivity contribution in [3.63, 3.8) is 0 Å². The third kappa shape index (κ3) is 7.02. The van der Waals surface area contributed by atoms with Crippen LogP contribution in [0.5, 0.6) is 0 Å². The summed E-state index contributed by atoms with van der Waals surface area (Å²) in [5, 5.41) is 6.00. The Bertz CT molecular complexity index is 1370. The summed E-state index contributed by atoms with van der Waals surface area (Å²) in [5.74, 6) is -0.216. The van der Waals surface area contributed by atoms with E-state index in [9.17, 15) is 9.59 Å². The van der Waals surface area contributed by atoms with Gasteiger partial charge < -0.3 is 10.2 Å². The van der Waals surface area contributed by atoms with Crippen molar-refractivity contribution in [1.82, 2.24) is 10.2 Å². The molecule has 0 aromatic heterocycles. The van der Waals surface area contributed by atoms with Gasteiger partial charge in [0.2, 0.25) is 11.8 Å². The molecule has 4 nitrogen and oxygen atoms in total. The molecule has 0 heterocycles. The second-order valence-electron chi connectivity index (χ2n) is 9.77. The lowest BCUT2D eigenvalue weighted by Gasteiger charge is -2.32. The fourth-order valence-electron chi connectivity index (χ4n) is 4.70. The molecule has 0 aliphatic heterocycles. The standard InChI is InChI=1S/C33H35ClN2O2/c1-3-24(2)35-33(38)31(22-25-12-5-4-6-13-25)36(23-28-15-8-10-19-30(28)34)32(37)21-20-27-17-11-16-26-14-7-9-18-29(26)27/h4-19,24,31H,3,20-23H2,1-2H3,(H,35,38)/t24-,31-/m0/s1. The number of fused-ring (bicyclic) bond motifs is 1. The molecule has 1 N–H and O–H groups in total. The Morgan fingerprint density at radius 3 is 2.26 bits per heavy atom. The minimum atomic E-state index is -0.664. The largest absolute Gasteiger partial charge is 0.352 e. The van der Waals surface area contributed by atoms with Crippen LogP contribution in [0.25, 0.3) is 10.8 Å². The highest BCUT2D eigenvalue weighted by Crippen LogP contribution is 2.23. The van der Waals surface area contributed by atoms with Crippen LogP contribution in [0.1, 0.15) is 43.4 Å². The number of nitrogens with zero attached hydrogens (tertiary/aromatic N) is 1. The summed E-state index contributed by atoms with van der Waals surface area (Å²) in [4.78, 5) is 29.3. The number of nitrogens with one attached hydrogen (secondary N) is 1. The van der Waals surface area contributed by atoms with E-state index in [1.807, 2.05) is 86.6 Å². The first kappa shape index (κ1) is 27.4. The lowest BCUT2D eigenvalue weighted by atomic mass is 9.99. The number of amides is 2. The summed E-state index contributed by atoms with van der Waals surface area (Å²) < 4.78 is 0. The van der Waals surface area contributed by atoms with E-state index < -0.39 is 6.04 Å². The predicted octanol–water partition coefficient (Wildman–Crippen LogP) is 6.98. The van der Waals surface area contributed by atoms with Crippen molar-refractivity contribution in [3.05, 3.63) is 119 Å². The van der Waals surface area contributed by atoms with Crippen LogP contribution in [-0.4, -0.2) is 28.8 Å². The first-order valence-corrected chi connectivity index (χ1v) is 13.7. The molecule has 4 rings (SSSR count). The molecular formula is C33H35ClN2O2. The van der Waals surface area contributed by atoms with Crippen molar-refractivity contribution in [1.29, 1.82) is 0 Å². The number of hydrogen-bond acceptors (Lipinski definition) is 2.